The molecule has 0 atom stereocenters. The van der Waals surface area contributed by atoms with Crippen LogP contribution in [0.3, 0.4) is 0 Å². The van der Waals surface area contributed by atoms with Crippen molar-refractivity contribution >= 4 is 23.1 Å². The van der Waals surface area contributed by atoms with E-state index in [-0.39, 0.29) is 25.6 Å². The summed E-state index contributed by atoms with van der Waals surface area (Å²) in [6.45, 7) is 4.37. The van der Waals surface area contributed by atoms with E-state index in [9.17, 15) is 0 Å². The van der Waals surface area contributed by atoms with E-state index in [2.05, 4.69) is 80.6 Å². The number of hydrogen-bond donors (Lipinski definition) is 0. The Labute approximate surface area is 234 Å². The van der Waals surface area contributed by atoms with Gasteiger partial charge in [-0.25, -0.2) is 5.56 Å². The topological polar surface area (TPSA) is 18.5 Å². The maximum absolute atomic E-state index is 6.88. The van der Waals surface area contributed by atoms with Crippen LogP contribution in [0, 0.1) is 26.0 Å². The molecule has 0 aromatic heterocycles. The van der Waals surface area contributed by atoms with Gasteiger partial charge in [0.15, 0.2) is 0 Å². The van der Waals surface area contributed by atoms with E-state index in [1.807, 2.05) is 12.1 Å². The fourth-order valence-corrected chi connectivity index (χ4v) is 7.01. The first kappa shape index (κ1) is 22.4. The average Bonchev–Trinajstić information content (AvgIpc) is 3.26. The fourth-order valence-electron chi connectivity index (χ4n) is 7.01. The van der Waals surface area contributed by atoms with Gasteiger partial charge in [0.2, 0.25) is 6.71 Å². The molecule has 9 rings (SSSR count). The Morgan fingerprint density at radius 3 is 2.45 bits per heavy atom. The van der Waals surface area contributed by atoms with Gasteiger partial charge < -0.3 is 9.47 Å². The summed E-state index contributed by atoms with van der Waals surface area (Å²) in [6, 6.07) is 30.9. The van der Waals surface area contributed by atoms with Gasteiger partial charge in [-0.3, -0.25) is 0 Å². The molecule has 3 aliphatic heterocycles. The molecule has 38 heavy (non-hydrogen) atoms. The Hall–Kier alpha value is -3.64. The number of benzene rings is 5. The van der Waals surface area contributed by atoms with Crippen molar-refractivity contribution in [2.45, 2.75) is 26.7 Å². The van der Waals surface area contributed by atoms with Crippen LogP contribution in [0.2, 0.25) is 0 Å². The molecule has 5 aromatic rings. The first-order valence-corrected chi connectivity index (χ1v) is 13.0. The van der Waals surface area contributed by atoms with E-state index in [0.29, 0.717) is 0 Å². The molecule has 0 bridgehead atoms. The predicted octanol–water partition coefficient (Wildman–Crippen LogP) is 2.78. The maximum Gasteiger partial charge on any atom is 1.00 e. The SMILES string of the molecule is Cc1cc[c-]c(-c2[c-]cc3c4c2Oc2cccc5c2B4c2c(cc4c(c2O3)-c2cc(C)ccc2C4)C5)c1.[Li+]. The number of hydrogen-bond acceptors (Lipinski definition) is 2. The van der Waals surface area contributed by atoms with Crippen LogP contribution in [0.25, 0.3) is 22.3 Å². The minimum Gasteiger partial charge on any atom is -0.512 e. The van der Waals surface area contributed by atoms with Gasteiger partial charge in [0.25, 0.3) is 0 Å². The van der Waals surface area contributed by atoms with E-state index < -0.39 is 0 Å². The van der Waals surface area contributed by atoms with E-state index in [1.165, 1.54) is 55.4 Å². The summed E-state index contributed by atoms with van der Waals surface area (Å²) >= 11 is 0. The molecular weight excluding hydrogens is 458 g/mol. The van der Waals surface area contributed by atoms with E-state index in [0.717, 1.165) is 52.4 Å². The molecule has 174 valence electrons. The van der Waals surface area contributed by atoms with Gasteiger partial charge in [0.05, 0.1) is 0 Å². The van der Waals surface area contributed by atoms with Crippen molar-refractivity contribution in [3.05, 3.63) is 112 Å². The largest absolute Gasteiger partial charge is 1.00 e. The summed E-state index contributed by atoms with van der Waals surface area (Å²) in [5, 5.41) is 0. The van der Waals surface area contributed by atoms with E-state index in [4.69, 9.17) is 9.47 Å². The molecule has 2 nitrogen and oxygen atoms in total. The maximum atomic E-state index is 6.88. The minimum atomic E-state index is 0. The quantitative estimate of drug-likeness (QED) is 0.267. The third-order valence-corrected chi connectivity index (χ3v) is 8.54. The molecule has 1 aliphatic carbocycles. The summed E-state index contributed by atoms with van der Waals surface area (Å²) in [4.78, 5) is 0. The van der Waals surface area contributed by atoms with Crippen LogP contribution in [0.4, 0.5) is 0 Å². The number of fused-ring (bicyclic) bond motifs is 4. The molecule has 4 aliphatic rings. The number of rotatable bonds is 1. The second kappa shape index (κ2) is 7.70. The van der Waals surface area contributed by atoms with E-state index in [1.54, 1.807) is 0 Å². The smallest absolute Gasteiger partial charge is 0.512 e. The summed E-state index contributed by atoms with van der Waals surface area (Å²) < 4.78 is 13.6. The Kier molecular flexibility index (Phi) is 4.53. The summed E-state index contributed by atoms with van der Waals surface area (Å²) in [6.07, 6.45) is 1.86. The van der Waals surface area contributed by atoms with Gasteiger partial charge >= 0.3 is 18.9 Å². The Morgan fingerprint density at radius 2 is 1.55 bits per heavy atom. The average molecular weight is 479 g/mol. The molecule has 0 radical (unpaired) electrons. The standard InChI is InChI=1S/C34H21BO2.Li/c1-18-5-3-6-20(13-18)25-11-12-28-32-33(25)36-27-8-4-7-22-16-24-17-23-15-21-10-9-19(2)14-26(21)29(23)34(37-28)31(24)35(32)30(22)27;/h3-5,7-10,12-14,17H,15-16H2,1-2H3;/q-2;+1. The van der Waals surface area contributed by atoms with Crippen molar-refractivity contribution in [2.24, 2.45) is 0 Å². The van der Waals surface area contributed by atoms with Crippen LogP contribution in [0.5, 0.6) is 23.0 Å². The summed E-state index contributed by atoms with van der Waals surface area (Å²) in [5.41, 5.74) is 16.2. The molecule has 0 unspecified atom stereocenters. The van der Waals surface area contributed by atoms with E-state index >= 15 is 0 Å². The molecule has 0 saturated heterocycles. The molecular formula is C34H21BLiO2-. The van der Waals surface area contributed by atoms with Crippen LogP contribution in [-0.4, -0.2) is 6.71 Å². The van der Waals surface area contributed by atoms with Crippen molar-refractivity contribution in [1.29, 1.82) is 0 Å². The van der Waals surface area contributed by atoms with Crippen LogP contribution in [-0.2, 0) is 12.8 Å². The molecule has 0 spiro atoms. The van der Waals surface area contributed by atoms with Gasteiger partial charge in [-0.2, -0.15) is 29.8 Å². The Bertz CT molecular complexity index is 1870. The van der Waals surface area contributed by atoms with Crippen molar-refractivity contribution in [3.63, 3.8) is 0 Å². The summed E-state index contributed by atoms with van der Waals surface area (Å²) in [7, 11) is 0. The fraction of sp³-hybridized carbons (Fsp3) is 0.118. The molecule has 0 saturated carbocycles. The molecule has 5 aromatic carbocycles. The van der Waals surface area contributed by atoms with Crippen molar-refractivity contribution in [2.75, 3.05) is 0 Å². The molecule has 0 fully saturated rings. The summed E-state index contributed by atoms with van der Waals surface area (Å²) in [5.74, 6) is 3.69. The Balaban J connectivity index is 0.00000225. The zero-order chi connectivity index (χ0) is 24.4. The first-order chi connectivity index (χ1) is 18.1. The van der Waals surface area contributed by atoms with Crippen molar-refractivity contribution in [1.82, 2.24) is 0 Å². The second-order valence-electron chi connectivity index (χ2n) is 10.8. The number of aryl methyl sites for hydroxylation is 2. The predicted molar refractivity (Wildman–Crippen MR) is 148 cm³/mol. The van der Waals surface area contributed by atoms with Crippen LogP contribution < -0.4 is 44.7 Å². The van der Waals surface area contributed by atoms with Crippen LogP contribution in [0.15, 0.2) is 66.7 Å². The van der Waals surface area contributed by atoms with Crippen LogP contribution in [0.1, 0.15) is 33.4 Å². The van der Waals surface area contributed by atoms with Gasteiger partial charge in [-0.15, -0.1) is 17.7 Å². The number of ether oxygens (including phenoxy) is 2. The van der Waals surface area contributed by atoms with Crippen molar-refractivity contribution < 1.29 is 28.3 Å². The first-order valence-electron chi connectivity index (χ1n) is 13.0. The van der Waals surface area contributed by atoms with Gasteiger partial charge in [-0.05, 0) is 64.6 Å². The molecule has 0 amide bonds. The van der Waals surface area contributed by atoms with Gasteiger partial charge in [-0.1, -0.05) is 54.3 Å². The third kappa shape index (κ3) is 2.81. The van der Waals surface area contributed by atoms with Gasteiger partial charge in [0, 0.05) is 17.1 Å². The Morgan fingerprint density at radius 1 is 0.711 bits per heavy atom. The van der Waals surface area contributed by atoms with Crippen molar-refractivity contribution in [3.8, 4) is 45.3 Å². The monoisotopic (exact) mass is 479 g/mol. The zero-order valence-corrected chi connectivity index (χ0v) is 21.7. The third-order valence-electron chi connectivity index (χ3n) is 8.54. The van der Waals surface area contributed by atoms with Crippen LogP contribution >= 0.6 is 0 Å². The molecule has 0 N–H and O–H groups in total. The van der Waals surface area contributed by atoms with Gasteiger partial charge in [0.1, 0.15) is 11.5 Å². The second-order valence-corrected chi connectivity index (χ2v) is 10.8. The normalized spacial score (nSPS) is 14.0. The molecule has 3 heterocycles. The molecule has 4 heteroatoms. The zero-order valence-electron chi connectivity index (χ0n) is 21.7. The minimum absolute atomic E-state index is 0.